The van der Waals surface area contributed by atoms with Crippen LogP contribution in [0.3, 0.4) is 0 Å². The van der Waals surface area contributed by atoms with Gasteiger partial charge in [-0.05, 0) is 69.4 Å². The van der Waals surface area contributed by atoms with Gasteiger partial charge in [-0.25, -0.2) is 13.4 Å². The summed E-state index contributed by atoms with van der Waals surface area (Å²) in [4.78, 5) is 22.4. The molecule has 9 nitrogen and oxygen atoms in total. The summed E-state index contributed by atoms with van der Waals surface area (Å²) >= 11 is 1.41. The van der Waals surface area contributed by atoms with E-state index in [9.17, 15) is 13.2 Å². The molecule has 0 radical (unpaired) electrons. The lowest BCUT2D eigenvalue weighted by Crippen LogP contribution is -2.33. The highest BCUT2D eigenvalue weighted by atomic mass is 35.5. The van der Waals surface area contributed by atoms with Gasteiger partial charge in [0.15, 0.2) is 16.6 Å². The van der Waals surface area contributed by atoms with E-state index in [-0.39, 0.29) is 30.0 Å². The Hall–Kier alpha value is -3.38. The number of anilines is 2. The number of aromatic nitrogens is 1. The molecule has 12 heteroatoms. The molecule has 0 spiro atoms. The predicted molar refractivity (Wildman–Crippen MR) is 159 cm³/mol. The molecule has 3 aromatic carbocycles. The molecule has 0 N–H and O–H groups in total. The van der Waals surface area contributed by atoms with Crippen molar-refractivity contribution in [1.29, 1.82) is 0 Å². The first-order valence-corrected chi connectivity index (χ1v) is 14.9. The van der Waals surface area contributed by atoms with E-state index in [1.165, 1.54) is 27.8 Å². The van der Waals surface area contributed by atoms with Crippen LogP contribution in [-0.2, 0) is 16.4 Å². The van der Waals surface area contributed by atoms with Crippen LogP contribution in [0.15, 0.2) is 65.6 Å². The molecule has 0 saturated carbocycles. The molecule has 6 rings (SSSR count). The molecule has 40 heavy (non-hydrogen) atoms. The van der Waals surface area contributed by atoms with Gasteiger partial charge in [0, 0.05) is 30.8 Å². The van der Waals surface area contributed by atoms with Gasteiger partial charge >= 0.3 is 0 Å². The van der Waals surface area contributed by atoms with Gasteiger partial charge in [-0.15, -0.1) is 12.4 Å². The second kappa shape index (κ2) is 11.2. The molecule has 4 aromatic rings. The van der Waals surface area contributed by atoms with Crippen molar-refractivity contribution in [2.75, 3.05) is 49.7 Å². The average molecular weight is 601 g/mol. The minimum atomic E-state index is -3.74. The summed E-state index contributed by atoms with van der Waals surface area (Å²) < 4.78 is 40.2. The van der Waals surface area contributed by atoms with Crippen LogP contribution in [0.1, 0.15) is 22.3 Å². The molecule has 1 aromatic heterocycles. The average Bonchev–Trinajstić information content (AvgIpc) is 3.67. The summed E-state index contributed by atoms with van der Waals surface area (Å²) in [6.45, 7) is 1.86. The molecule has 0 aliphatic carbocycles. The van der Waals surface area contributed by atoms with Crippen LogP contribution >= 0.6 is 23.7 Å². The van der Waals surface area contributed by atoms with Crippen molar-refractivity contribution in [1.82, 2.24) is 9.88 Å². The van der Waals surface area contributed by atoms with E-state index >= 15 is 0 Å². The number of benzene rings is 3. The molecule has 3 heterocycles. The van der Waals surface area contributed by atoms with E-state index in [4.69, 9.17) is 14.5 Å². The number of hydrogen-bond donors (Lipinski definition) is 0. The molecule has 0 atom stereocenters. The minimum Gasteiger partial charge on any atom is -0.454 e. The van der Waals surface area contributed by atoms with Crippen molar-refractivity contribution < 1.29 is 22.7 Å². The molecule has 0 saturated heterocycles. The summed E-state index contributed by atoms with van der Waals surface area (Å²) in [7, 11) is 0.234. The van der Waals surface area contributed by atoms with Crippen LogP contribution in [0.5, 0.6) is 11.5 Å². The zero-order valence-corrected chi connectivity index (χ0v) is 24.5. The van der Waals surface area contributed by atoms with Crippen molar-refractivity contribution in [2.24, 2.45) is 0 Å². The third kappa shape index (κ3) is 5.22. The lowest BCUT2D eigenvalue weighted by Gasteiger charge is -2.22. The van der Waals surface area contributed by atoms with Crippen LogP contribution in [-0.4, -0.2) is 64.7 Å². The number of nitrogens with zero attached hydrogens (tertiary/aromatic N) is 4. The van der Waals surface area contributed by atoms with Crippen molar-refractivity contribution >= 4 is 60.7 Å². The molecular formula is C28H29ClN4O5S2. The Kier molecular flexibility index (Phi) is 7.92. The second-order valence-electron chi connectivity index (χ2n) is 9.76. The number of hydrogen-bond acceptors (Lipinski definition) is 8. The monoisotopic (exact) mass is 600 g/mol. The Balaban J connectivity index is 0.00000323. The van der Waals surface area contributed by atoms with Gasteiger partial charge in [-0.1, -0.05) is 29.5 Å². The lowest BCUT2D eigenvalue weighted by atomic mass is 10.2. The Morgan fingerprint density at radius 1 is 1.02 bits per heavy atom. The number of rotatable bonds is 8. The maximum atomic E-state index is 13.7. The Bertz CT molecular complexity index is 1620. The number of carbonyl (C=O) groups is 1. The Labute approximate surface area is 243 Å². The van der Waals surface area contributed by atoms with Gasteiger partial charge in [0.25, 0.3) is 15.9 Å². The second-order valence-corrected chi connectivity index (χ2v) is 12.6. The maximum Gasteiger partial charge on any atom is 0.264 e. The fourth-order valence-electron chi connectivity index (χ4n) is 4.86. The highest BCUT2D eigenvalue weighted by Crippen LogP contribution is 2.40. The molecule has 0 fully saturated rings. The Morgan fingerprint density at radius 2 is 1.75 bits per heavy atom. The first-order chi connectivity index (χ1) is 18.8. The first-order valence-electron chi connectivity index (χ1n) is 12.7. The topological polar surface area (TPSA) is 92.3 Å². The highest BCUT2D eigenvalue weighted by Gasteiger charge is 2.31. The standard InChI is InChI=1S/C28H28N4O5S2.ClH/c1-30(2)13-5-14-31(28-29-22-16-24-25(37-18-36-24)17-26(22)38-28)27(33)20-8-10-21(11-9-20)39(34,35)32-15-12-19-6-3-4-7-23(19)32;/h3-4,6-11,16-17H,5,12-15,18H2,1-2H3;1H. The highest BCUT2D eigenvalue weighted by molar-refractivity contribution is 7.92. The van der Waals surface area contributed by atoms with Gasteiger partial charge in [-0.3, -0.25) is 14.0 Å². The van der Waals surface area contributed by atoms with E-state index in [0.717, 1.165) is 28.7 Å². The summed E-state index contributed by atoms with van der Waals surface area (Å²) in [5.74, 6) is 1.08. The molecule has 2 aliphatic rings. The molecule has 0 unspecified atom stereocenters. The van der Waals surface area contributed by atoms with E-state index in [0.29, 0.717) is 47.4 Å². The first kappa shape index (κ1) is 28.2. The third-order valence-corrected chi connectivity index (χ3v) is 9.74. The van der Waals surface area contributed by atoms with Crippen LogP contribution in [0.4, 0.5) is 10.8 Å². The summed E-state index contributed by atoms with van der Waals surface area (Å²) in [6.07, 6.45) is 1.43. The predicted octanol–water partition coefficient (Wildman–Crippen LogP) is 4.80. The molecule has 0 bridgehead atoms. The van der Waals surface area contributed by atoms with Crippen LogP contribution in [0, 0.1) is 0 Å². The number of para-hydroxylation sites is 1. The zero-order chi connectivity index (χ0) is 27.1. The summed E-state index contributed by atoms with van der Waals surface area (Å²) in [5.41, 5.74) is 2.86. The van der Waals surface area contributed by atoms with Crippen molar-refractivity contribution in [3.63, 3.8) is 0 Å². The van der Waals surface area contributed by atoms with Crippen LogP contribution in [0.2, 0.25) is 0 Å². The smallest absolute Gasteiger partial charge is 0.264 e. The number of fused-ring (bicyclic) bond motifs is 3. The van der Waals surface area contributed by atoms with Gasteiger partial charge in [0.2, 0.25) is 6.79 Å². The fourth-order valence-corrected chi connectivity index (χ4v) is 7.36. The quantitative estimate of drug-likeness (QED) is 0.287. The van der Waals surface area contributed by atoms with Crippen LogP contribution in [0.25, 0.3) is 10.2 Å². The number of thiazole rings is 1. The maximum absolute atomic E-state index is 13.7. The number of sulfonamides is 1. The molecular weight excluding hydrogens is 572 g/mol. The van der Waals surface area contributed by atoms with Gasteiger partial charge in [0.05, 0.1) is 20.8 Å². The van der Waals surface area contributed by atoms with Gasteiger partial charge in [-0.2, -0.15) is 0 Å². The van der Waals surface area contributed by atoms with Crippen molar-refractivity contribution in [2.45, 2.75) is 17.7 Å². The molecule has 1 amide bonds. The number of halogens is 1. The van der Waals surface area contributed by atoms with Crippen molar-refractivity contribution in [3.05, 3.63) is 71.8 Å². The Morgan fingerprint density at radius 3 is 2.50 bits per heavy atom. The van der Waals surface area contributed by atoms with E-state index < -0.39 is 10.0 Å². The normalized spacial score (nSPS) is 13.9. The number of ether oxygens (including phenoxy) is 2. The largest absolute Gasteiger partial charge is 0.454 e. The van der Waals surface area contributed by atoms with Crippen molar-refractivity contribution in [3.8, 4) is 11.5 Å². The molecule has 210 valence electrons. The SMILES string of the molecule is CN(C)CCCN(C(=O)c1ccc(S(=O)(=O)N2CCc3ccccc32)cc1)c1nc2cc3c(cc2s1)OCO3.Cl. The molecule has 2 aliphatic heterocycles. The zero-order valence-electron chi connectivity index (χ0n) is 22.1. The van der Waals surface area contributed by atoms with Gasteiger partial charge < -0.3 is 14.4 Å². The fraction of sp³-hybridized carbons (Fsp3) is 0.286. The lowest BCUT2D eigenvalue weighted by molar-refractivity contribution is 0.0986. The summed E-state index contributed by atoms with van der Waals surface area (Å²) in [6, 6.07) is 17.4. The van der Waals surface area contributed by atoms with E-state index in [1.807, 2.05) is 50.5 Å². The number of carbonyl (C=O) groups excluding carboxylic acids is 1. The van der Waals surface area contributed by atoms with E-state index in [2.05, 4.69) is 4.90 Å². The van der Waals surface area contributed by atoms with E-state index in [1.54, 1.807) is 17.0 Å². The number of amides is 1. The third-order valence-electron chi connectivity index (χ3n) is 6.87. The van der Waals surface area contributed by atoms with Gasteiger partial charge in [0.1, 0.15) is 0 Å². The minimum absolute atomic E-state index is 0. The van der Waals surface area contributed by atoms with Crippen LogP contribution < -0.4 is 18.7 Å². The summed E-state index contributed by atoms with van der Waals surface area (Å²) in [5, 5.41) is 0.572.